The number of unbranched alkanes of at least 4 members (excludes halogenated alkanes) is 2. The molecule has 3 aromatic rings. The van der Waals surface area contributed by atoms with Gasteiger partial charge in [-0.15, -0.1) is 0 Å². The molecule has 8 heteroatoms. The zero-order chi connectivity index (χ0) is 27.9. The minimum absolute atomic E-state index is 0.112. The Labute approximate surface area is 229 Å². The average molecular weight is 539 g/mol. The lowest BCUT2D eigenvalue weighted by molar-refractivity contribution is -0.101. The van der Waals surface area contributed by atoms with E-state index in [1.807, 2.05) is 12.1 Å². The number of nitrogens with zero attached hydrogens (tertiary/aromatic N) is 1. The van der Waals surface area contributed by atoms with Crippen LogP contribution in [-0.4, -0.2) is 44.9 Å². The van der Waals surface area contributed by atoms with Gasteiger partial charge < -0.3 is 40.0 Å². The monoisotopic (exact) mass is 538 g/mol. The minimum atomic E-state index is -0.639. The zero-order valence-electron chi connectivity index (χ0n) is 22.8. The number of phenolic OH excluding ortho intramolecular Hbond substituents is 2. The number of benzene rings is 2. The minimum Gasteiger partial charge on any atom is -0.670 e. The summed E-state index contributed by atoms with van der Waals surface area (Å²) in [4.78, 5) is 4.12. The number of aryl methyl sites for hydroxylation is 2. The number of rotatable bonds is 12. The summed E-state index contributed by atoms with van der Waals surface area (Å²) < 4.78 is 12.0. The highest BCUT2D eigenvalue weighted by atomic mass is 16.5. The van der Waals surface area contributed by atoms with Gasteiger partial charge in [0.2, 0.25) is 5.75 Å². The van der Waals surface area contributed by atoms with Crippen molar-refractivity contribution < 1.29 is 35.0 Å². The lowest BCUT2D eigenvalue weighted by Gasteiger charge is -2.36. The maximum Gasteiger partial charge on any atom is 0.201 e. The molecule has 1 aliphatic rings. The molecule has 0 spiro atoms. The Morgan fingerprint density at radius 2 is 1.82 bits per heavy atom. The molecule has 0 radical (unpaired) electrons. The summed E-state index contributed by atoms with van der Waals surface area (Å²) in [7, 11) is 1.41. The summed E-state index contributed by atoms with van der Waals surface area (Å²) in [6.07, 6.45) is 8.43. The number of aromatic hydroxyl groups is 3. The van der Waals surface area contributed by atoms with Crippen LogP contribution in [0.4, 0.5) is 0 Å². The van der Waals surface area contributed by atoms with Gasteiger partial charge in [0.1, 0.15) is 5.75 Å². The first kappa shape index (κ1) is 28.8. The third-order valence-corrected chi connectivity index (χ3v) is 7.66. The van der Waals surface area contributed by atoms with E-state index in [0.717, 1.165) is 42.4 Å². The van der Waals surface area contributed by atoms with E-state index in [0.29, 0.717) is 42.6 Å². The van der Waals surface area contributed by atoms with E-state index in [1.54, 1.807) is 18.5 Å². The molecule has 2 aromatic carbocycles. The molecule has 39 heavy (non-hydrogen) atoms. The Morgan fingerprint density at radius 1 is 1.00 bits per heavy atom. The largest absolute Gasteiger partial charge is 0.670 e. The summed E-state index contributed by atoms with van der Waals surface area (Å²) in [5.41, 5.74) is 4.20. The van der Waals surface area contributed by atoms with Gasteiger partial charge in [-0.25, -0.2) is 0 Å². The predicted octanol–water partition coefficient (Wildman–Crippen LogP) is 4.80. The van der Waals surface area contributed by atoms with E-state index in [9.17, 15) is 25.5 Å². The molecule has 1 saturated heterocycles. The molecule has 0 unspecified atom stereocenters. The molecule has 212 valence electrons. The SMILES string of the molecule is CCCCCc1cc(CC[C@H]2C[C@@H](O)C[C@@H](c3c(CO)c(O)c(O)c(OC)c3Cc3cc[n-]c3)O2)ccc1O. The van der Waals surface area contributed by atoms with Crippen molar-refractivity contribution in [2.45, 2.75) is 89.6 Å². The molecule has 1 fully saturated rings. The topological polar surface area (TPSA) is 134 Å². The van der Waals surface area contributed by atoms with Gasteiger partial charge in [-0.2, -0.15) is 12.4 Å². The number of aliphatic hydroxyl groups is 2. The fourth-order valence-electron chi connectivity index (χ4n) is 5.65. The number of hydrogen-bond donors (Lipinski definition) is 5. The molecule has 2 heterocycles. The van der Waals surface area contributed by atoms with Crippen LogP contribution in [0.5, 0.6) is 23.0 Å². The lowest BCUT2D eigenvalue weighted by Crippen LogP contribution is -2.32. The molecule has 3 atom stereocenters. The van der Waals surface area contributed by atoms with Crippen LogP contribution in [0.1, 0.15) is 84.9 Å². The molecule has 4 rings (SSSR count). The zero-order valence-corrected chi connectivity index (χ0v) is 22.8. The van der Waals surface area contributed by atoms with E-state index < -0.39 is 30.3 Å². The number of aliphatic hydroxyl groups excluding tert-OH is 2. The maximum absolute atomic E-state index is 10.8. The summed E-state index contributed by atoms with van der Waals surface area (Å²) in [5, 5.41) is 52.7. The van der Waals surface area contributed by atoms with Crippen molar-refractivity contribution in [1.29, 1.82) is 0 Å². The van der Waals surface area contributed by atoms with Crippen LogP contribution < -0.4 is 9.72 Å². The predicted molar refractivity (Wildman–Crippen MR) is 147 cm³/mol. The van der Waals surface area contributed by atoms with Gasteiger partial charge in [-0.05, 0) is 61.3 Å². The van der Waals surface area contributed by atoms with Gasteiger partial charge in [-0.1, -0.05) is 43.5 Å². The summed E-state index contributed by atoms with van der Waals surface area (Å²) in [5.74, 6) is -0.450. The molecule has 1 aliphatic heterocycles. The number of hydrogen-bond acceptors (Lipinski definition) is 7. The molecule has 1 aromatic heterocycles. The summed E-state index contributed by atoms with van der Waals surface area (Å²) in [6, 6.07) is 7.58. The number of methoxy groups -OCH3 is 1. The number of ether oxygens (including phenoxy) is 2. The van der Waals surface area contributed by atoms with Gasteiger partial charge in [0.25, 0.3) is 0 Å². The van der Waals surface area contributed by atoms with Crippen LogP contribution in [0.15, 0.2) is 36.7 Å². The molecule has 0 amide bonds. The van der Waals surface area contributed by atoms with Crippen LogP contribution in [0.25, 0.3) is 0 Å². The second kappa shape index (κ2) is 13.2. The van der Waals surface area contributed by atoms with Crippen molar-refractivity contribution in [2.24, 2.45) is 0 Å². The Hall–Kier alpha value is -3.20. The molecule has 5 N–H and O–H groups in total. The first-order valence-electron chi connectivity index (χ1n) is 13.8. The quantitative estimate of drug-likeness (QED) is 0.164. The summed E-state index contributed by atoms with van der Waals surface area (Å²) >= 11 is 0. The fraction of sp³-hybridized carbons (Fsp3) is 0.484. The molecule has 0 saturated carbocycles. The first-order chi connectivity index (χ1) is 18.9. The number of aromatic nitrogens is 1. The summed E-state index contributed by atoms with van der Waals surface area (Å²) in [6.45, 7) is 1.64. The maximum atomic E-state index is 10.8. The second-order valence-corrected chi connectivity index (χ2v) is 10.4. The van der Waals surface area contributed by atoms with Crippen molar-refractivity contribution >= 4 is 0 Å². The number of phenols is 3. The van der Waals surface area contributed by atoms with Crippen molar-refractivity contribution in [2.75, 3.05) is 7.11 Å². The third-order valence-electron chi connectivity index (χ3n) is 7.66. The Morgan fingerprint density at radius 3 is 2.51 bits per heavy atom. The molecular formula is C31H40NO7-. The van der Waals surface area contributed by atoms with Crippen LogP contribution in [0, 0.1) is 0 Å². The van der Waals surface area contributed by atoms with E-state index in [1.165, 1.54) is 7.11 Å². The fourth-order valence-corrected chi connectivity index (χ4v) is 5.65. The van der Waals surface area contributed by atoms with Gasteiger partial charge in [0, 0.05) is 17.5 Å². The first-order valence-corrected chi connectivity index (χ1v) is 13.8. The molecule has 8 nitrogen and oxygen atoms in total. The Bertz CT molecular complexity index is 1220. The van der Waals surface area contributed by atoms with E-state index in [4.69, 9.17) is 9.47 Å². The highest BCUT2D eigenvalue weighted by molar-refractivity contribution is 5.64. The van der Waals surface area contributed by atoms with Gasteiger partial charge in [-0.3, -0.25) is 0 Å². The second-order valence-electron chi connectivity index (χ2n) is 10.4. The lowest BCUT2D eigenvalue weighted by atomic mass is 9.86. The van der Waals surface area contributed by atoms with E-state index in [2.05, 4.69) is 18.0 Å². The normalized spacial score (nSPS) is 19.3. The van der Waals surface area contributed by atoms with Crippen molar-refractivity contribution in [3.63, 3.8) is 0 Å². The smallest absolute Gasteiger partial charge is 0.201 e. The third kappa shape index (κ3) is 6.69. The van der Waals surface area contributed by atoms with Crippen LogP contribution in [0.3, 0.4) is 0 Å². The Kier molecular flexibility index (Phi) is 9.78. The highest BCUT2D eigenvalue weighted by Gasteiger charge is 2.35. The van der Waals surface area contributed by atoms with Crippen molar-refractivity contribution in [3.05, 3.63) is 70.0 Å². The average Bonchev–Trinajstić information content (AvgIpc) is 3.44. The van der Waals surface area contributed by atoms with Crippen LogP contribution in [0.2, 0.25) is 0 Å². The van der Waals surface area contributed by atoms with Gasteiger partial charge in [0.05, 0.1) is 32.0 Å². The van der Waals surface area contributed by atoms with Gasteiger partial charge >= 0.3 is 0 Å². The van der Waals surface area contributed by atoms with E-state index >= 15 is 0 Å². The molecule has 0 aliphatic carbocycles. The standard InChI is InChI=1S/C31H40NO7/c1-3-4-5-6-21-13-19(8-10-26(21)35)7-9-23-15-22(34)16-27(39-23)28-24(14-20-11-12-32-17-20)31(38-2)30(37)29(36)25(28)18-33/h8,10-13,17,22-23,27,33-37H,3-7,9,14-16,18H2,1-2H3/q-1/t22-,23+,27+/m1/s1. The Balaban J connectivity index is 1.59. The van der Waals surface area contributed by atoms with E-state index in [-0.39, 0.29) is 23.8 Å². The van der Waals surface area contributed by atoms with Crippen LogP contribution >= 0.6 is 0 Å². The molecule has 0 bridgehead atoms. The highest BCUT2D eigenvalue weighted by Crippen LogP contribution is 2.49. The van der Waals surface area contributed by atoms with Gasteiger partial charge in [0.15, 0.2) is 11.5 Å². The molecular weight excluding hydrogens is 498 g/mol. The van der Waals surface area contributed by atoms with Crippen LogP contribution in [-0.2, 0) is 30.6 Å². The van der Waals surface area contributed by atoms with Crippen molar-refractivity contribution in [3.8, 4) is 23.0 Å². The van der Waals surface area contributed by atoms with Crippen molar-refractivity contribution in [1.82, 2.24) is 4.98 Å².